The Kier molecular flexibility index (Phi) is 4.34. The largest absolute Gasteiger partial charge is 0.418 e. The first-order chi connectivity index (χ1) is 9.37. The molecule has 1 fully saturated rings. The Balaban J connectivity index is 2.08. The van der Waals surface area contributed by atoms with Gasteiger partial charge in [-0.1, -0.05) is 13.3 Å². The summed E-state index contributed by atoms with van der Waals surface area (Å²) in [5, 5.41) is 12.6. The van der Waals surface area contributed by atoms with E-state index < -0.39 is 11.7 Å². The molecular weight excluding hydrogens is 269 g/mol. The molecule has 0 amide bonds. The smallest absolute Gasteiger partial charge is 0.396 e. The van der Waals surface area contributed by atoms with Crippen LogP contribution in [-0.4, -0.2) is 22.7 Å². The van der Waals surface area contributed by atoms with Gasteiger partial charge in [0.1, 0.15) is 0 Å². The SMILES string of the molecule is CC1(CO)CCCC1NCc1ncccc1C(F)(F)F. The number of aliphatic hydroxyl groups excluding tert-OH is 1. The van der Waals surface area contributed by atoms with Gasteiger partial charge in [0, 0.05) is 30.8 Å². The highest BCUT2D eigenvalue weighted by atomic mass is 19.4. The molecule has 20 heavy (non-hydrogen) atoms. The van der Waals surface area contributed by atoms with Crippen LogP contribution in [0.25, 0.3) is 0 Å². The van der Waals surface area contributed by atoms with Gasteiger partial charge < -0.3 is 10.4 Å². The van der Waals surface area contributed by atoms with Crippen molar-refractivity contribution in [3.63, 3.8) is 0 Å². The second kappa shape index (κ2) is 5.69. The molecule has 1 aliphatic carbocycles. The van der Waals surface area contributed by atoms with E-state index in [0.717, 1.165) is 25.3 Å². The molecule has 1 aromatic rings. The van der Waals surface area contributed by atoms with E-state index >= 15 is 0 Å². The summed E-state index contributed by atoms with van der Waals surface area (Å²) in [6, 6.07) is 2.36. The zero-order valence-electron chi connectivity index (χ0n) is 11.4. The predicted octanol–water partition coefficient (Wildman–Crippen LogP) is 2.74. The molecule has 0 bridgehead atoms. The Morgan fingerprint density at radius 1 is 1.50 bits per heavy atom. The Labute approximate surface area is 116 Å². The van der Waals surface area contributed by atoms with Crippen LogP contribution in [-0.2, 0) is 12.7 Å². The van der Waals surface area contributed by atoms with E-state index in [0.29, 0.717) is 0 Å². The summed E-state index contributed by atoms with van der Waals surface area (Å²) in [7, 11) is 0. The van der Waals surface area contributed by atoms with Crippen molar-refractivity contribution in [3.05, 3.63) is 29.6 Å². The molecule has 0 spiro atoms. The third-order valence-corrected chi connectivity index (χ3v) is 4.15. The van der Waals surface area contributed by atoms with Gasteiger partial charge >= 0.3 is 6.18 Å². The van der Waals surface area contributed by atoms with Crippen LogP contribution in [0.5, 0.6) is 0 Å². The van der Waals surface area contributed by atoms with E-state index in [1.165, 1.54) is 12.3 Å². The molecule has 1 aromatic heterocycles. The fourth-order valence-electron chi connectivity index (χ4n) is 2.83. The second-order valence-corrected chi connectivity index (χ2v) is 5.63. The molecular formula is C14H19F3N2O. The molecule has 6 heteroatoms. The second-order valence-electron chi connectivity index (χ2n) is 5.63. The number of nitrogens with zero attached hydrogens (tertiary/aromatic N) is 1. The maximum Gasteiger partial charge on any atom is 0.418 e. The first-order valence-electron chi connectivity index (χ1n) is 6.72. The van der Waals surface area contributed by atoms with E-state index in [9.17, 15) is 18.3 Å². The summed E-state index contributed by atoms with van der Waals surface area (Å²) >= 11 is 0. The van der Waals surface area contributed by atoms with Crippen molar-refractivity contribution >= 4 is 0 Å². The number of nitrogens with one attached hydrogen (secondary N) is 1. The van der Waals surface area contributed by atoms with Crippen molar-refractivity contribution in [1.82, 2.24) is 10.3 Å². The third-order valence-electron chi connectivity index (χ3n) is 4.15. The normalized spacial score (nSPS) is 26.9. The molecule has 0 radical (unpaired) electrons. The minimum Gasteiger partial charge on any atom is -0.396 e. The van der Waals surface area contributed by atoms with Crippen LogP contribution in [0, 0.1) is 5.41 Å². The number of hydrogen-bond acceptors (Lipinski definition) is 3. The minimum absolute atomic E-state index is 0.00666. The number of alkyl halides is 3. The molecule has 2 rings (SSSR count). The fraction of sp³-hybridized carbons (Fsp3) is 0.643. The maximum absolute atomic E-state index is 12.9. The van der Waals surface area contributed by atoms with Gasteiger partial charge in [0.05, 0.1) is 11.3 Å². The Hall–Kier alpha value is -1.14. The van der Waals surface area contributed by atoms with Gasteiger partial charge in [-0.25, -0.2) is 0 Å². The van der Waals surface area contributed by atoms with Crippen molar-refractivity contribution < 1.29 is 18.3 Å². The molecule has 2 atom stereocenters. The lowest BCUT2D eigenvalue weighted by Crippen LogP contribution is -2.41. The van der Waals surface area contributed by atoms with Gasteiger partial charge in [0.25, 0.3) is 0 Å². The molecule has 0 aliphatic heterocycles. The highest BCUT2D eigenvalue weighted by molar-refractivity contribution is 5.23. The minimum atomic E-state index is -4.39. The van der Waals surface area contributed by atoms with Crippen LogP contribution in [0.4, 0.5) is 13.2 Å². The third kappa shape index (κ3) is 3.12. The van der Waals surface area contributed by atoms with E-state index in [1.54, 1.807) is 0 Å². The fourth-order valence-corrected chi connectivity index (χ4v) is 2.83. The summed E-state index contributed by atoms with van der Waals surface area (Å²) in [5.74, 6) is 0. The van der Waals surface area contributed by atoms with Crippen molar-refractivity contribution in [1.29, 1.82) is 0 Å². The standard InChI is InChI=1S/C14H19F3N2O/c1-13(9-20)6-2-5-12(13)19-8-11-10(14(15,16)17)4-3-7-18-11/h3-4,7,12,19-20H,2,5-6,8-9H2,1H3. The Bertz CT molecular complexity index is 464. The summed E-state index contributed by atoms with van der Waals surface area (Å²) in [4.78, 5) is 3.83. The molecule has 1 saturated carbocycles. The molecule has 2 N–H and O–H groups in total. The number of halogens is 3. The van der Waals surface area contributed by atoms with E-state index in [1.807, 2.05) is 6.92 Å². The maximum atomic E-state index is 12.9. The quantitative estimate of drug-likeness (QED) is 0.895. The first kappa shape index (κ1) is 15.3. The van der Waals surface area contributed by atoms with Crippen LogP contribution < -0.4 is 5.32 Å². The predicted molar refractivity (Wildman–Crippen MR) is 68.9 cm³/mol. The number of pyridine rings is 1. The highest BCUT2D eigenvalue weighted by Crippen LogP contribution is 2.38. The average molecular weight is 288 g/mol. The summed E-state index contributed by atoms with van der Waals surface area (Å²) < 4.78 is 38.6. The number of aliphatic hydroxyl groups is 1. The summed E-state index contributed by atoms with van der Waals surface area (Å²) in [5.41, 5.74) is -0.948. The number of rotatable bonds is 4. The van der Waals surface area contributed by atoms with Crippen LogP contribution in [0.15, 0.2) is 18.3 Å². The van der Waals surface area contributed by atoms with Crippen LogP contribution in [0.3, 0.4) is 0 Å². The first-order valence-corrected chi connectivity index (χ1v) is 6.72. The van der Waals surface area contributed by atoms with Crippen molar-refractivity contribution in [2.45, 2.75) is 44.9 Å². The van der Waals surface area contributed by atoms with Gasteiger partial charge in [-0.15, -0.1) is 0 Å². The molecule has 0 aromatic carbocycles. The van der Waals surface area contributed by atoms with Crippen molar-refractivity contribution in [3.8, 4) is 0 Å². The van der Waals surface area contributed by atoms with Crippen LogP contribution >= 0.6 is 0 Å². The van der Waals surface area contributed by atoms with Crippen LogP contribution in [0.1, 0.15) is 37.4 Å². The van der Waals surface area contributed by atoms with Crippen molar-refractivity contribution in [2.75, 3.05) is 6.61 Å². The van der Waals surface area contributed by atoms with Gasteiger partial charge in [-0.3, -0.25) is 4.98 Å². The van der Waals surface area contributed by atoms with Gasteiger partial charge in [-0.2, -0.15) is 13.2 Å². The zero-order chi connectivity index (χ0) is 14.8. The molecule has 112 valence electrons. The van der Waals surface area contributed by atoms with E-state index in [4.69, 9.17) is 0 Å². The number of hydrogen-bond donors (Lipinski definition) is 2. The number of aromatic nitrogens is 1. The van der Waals surface area contributed by atoms with Crippen molar-refractivity contribution in [2.24, 2.45) is 5.41 Å². The monoisotopic (exact) mass is 288 g/mol. The lowest BCUT2D eigenvalue weighted by molar-refractivity contribution is -0.138. The van der Waals surface area contributed by atoms with E-state index in [2.05, 4.69) is 10.3 Å². The topological polar surface area (TPSA) is 45.1 Å². The zero-order valence-corrected chi connectivity index (χ0v) is 11.4. The average Bonchev–Trinajstić information content (AvgIpc) is 2.78. The highest BCUT2D eigenvalue weighted by Gasteiger charge is 2.39. The van der Waals surface area contributed by atoms with Gasteiger partial charge in [-0.05, 0) is 25.0 Å². The van der Waals surface area contributed by atoms with Crippen LogP contribution in [0.2, 0.25) is 0 Å². The Morgan fingerprint density at radius 3 is 2.90 bits per heavy atom. The molecule has 1 heterocycles. The van der Waals surface area contributed by atoms with Gasteiger partial charge in [0.2, 0.25) is 0 Å². The van der Waals surface area contributed by atoms with E-state index in [-0.39, 0.29) is 30.3 Å². The molecule has 0 saturated heterocycles. The summed E-state index contributed by atoms with van der Waals surface area (Å²) in [6.07, 6.45) is -0.294. The molecule has 2 unspecified atom stereocenters. The molecule has 1 aliphatic rings. The lowest BCUT2D eigenvalue weighted by Gasteiger charge is -2.30. The van der Waals surface area contributed by atoms with Gasteiger partial charge in [0.15, 0.2) is 0 Å². The summed E-state index contributed by atoms with van der Waals surface area (Å²) in [6.45, 7) is 2.07. The molecule has 3 nitrogen and oxygen atoms in total. The Morgan fingerprint density at radius 2 is 2.25 bits per heavy atom. The lowest BCUT2D eigenvalue weighted by atomic mass is 9.86.